The van der Waals surface area contributed by atoms with Crippen molar-refractivity contribution in [2.75, 3.05) is 25.1 Å². The summed E-state index contributed by atoms with van der Waals surface area (Å²) in [5.74, 6) is 0. The fourth-order valence-electron chi connectivity index (χ4n) is 2.06. The van der Waals surface area contributed by atoms with Gasteiger partial charge in [0.25, 0.3) is 0 Å². The molecule has 2 rings (SSSR count). The van der Waals surface area contributed by atoms with Crippen LogP contribution in [0.15, 0.2) is 29.2 Å². The molecule has 6 heteroatoms. The molecule has 0 bridgehead atoms. The fourth-order valence-corrected chi connectivity index (χ4v) is 3.36. The minimum absolute atomic E-state index is 0.0211. The first-order valence-electron chi connectivity index (χ1n) is 6.56. The number of nitrogens with one attached hydrogen (secondary N) is 2. The van der Waals surface area contributed by atoms with Crippen molar-refractivity contribution < 1.29 is 13.2 Å². The molecule has 1 aliphatic heterocycles. The first-order chi connectivity index (χ1) is 9.12. The number of rotatable bonds is 5. The number of anilines is 1. The smallest absolute Gasteiger partial charge is 0.240 e. The Morgan fingerprint density at radius 3 is 2.42 bits per heavy atom. The number of sulfonamides is 1. The molecule has 2 N–H and O–H groups in total. The predicted molar refractivity (Wildman–Crippen MR) is 74.8 cm³/mol. The molecule has 0 aromatic heterocycles. The van der Waals surface area contributed by atoms with Gasteiger partial charge in [-0.05, 0) is 44.0 Å². The van der Waals surface area contributed by atoms with E-state index >= 15 is 0 Å². The highest BCUT2D eigenvalue weighted by atomic mass is 32.2. The van der Waals surface area contributed by atoms with Gasteiger partial charge in [0.1, 0.15) is 0 Å². The van der Waals surface area contributed by atoms with E-state index in [0.717, 1.165) is 25.1 Å². The summed E-state index contributed by atoms with van der Waals surface area (Å²) in [6.45, 7) is 4.04. The Kier molecular flexibility index (Phi) is 4.79. The van der Waals surface area contributed by atoms with Gasteiger partial charge in [-0.15, -0.1) is 0 Å². The minimum atomic E-state index is -3.42. The van der Waals surface area contributed by atoms with Gasteiger partial charge in [0.15, 0.2) is 0 Å². The molecule has 0 unspecified atom stereocenters. The highest BCUT2D eigenvalue weighted by Crippen LogP contribution is 2.16. The molecule has 0 aliphatic carbocycles. The molecule has 0 spiro atoms. The Bertz CT molecular complexity index is 493. The largest absolute Gasteiger partial charge is 0.385 e. The van der Waals surface area contributed by atoms with Crippen LogP contribution in [0.2, 0.25) is 0 Å². The Labute approximate surface area is 114 Å². The highest BCUT2D eigenvalue weighted by Gasteiger charge is 2.21. The number of hydrogen-bond acceptors (Lipinski definition) is 4. The summed E-state index contributed by atoms with van der Waals surface area (Å²) in [5.41, 5.74) is 0.924. The summed E-state index contributed by atoms with van der Waals surface area (Å²) in [7, 11) is -3.42. The summed E-state index contributed by atoms with van der Waals surface area (Å²) < 4.78 is 32.3. The number of hydrogen-bond donors (Lipinski definition) is 2. The Hall–Kier alpha value is -1.11. The molecule has 5 nitrogen and oxygen atoms in total. The van der Waals surface area contributed by atoms with E-state index in [9.17, 15) is 8.42 Å². The Morgan fingerprint density at radius 1 is 1.21 bits per heavy atom. The lowest BCUT2D eigenvalue weighted by Crippen LogP contribution is -2.38. The number of ether oxygens (including phenoxy) is 1. The molecule has 0 saturated carbocycles. The first-order valence-corrected chi connectivity index (χ1v) is 8.04. The van der Waals surface area contributed by atoms with Crippen molar-refractivity contribution in [3.63, 3.8) is 0 Å². The number of benzene rings is 1. The van der Waals surface area contributed by atoms with Gasteiger partial charge >= 0.3 is 0 Å². The molecule has 1 aliphatic rings. The molecule has 19 heavy (non-hydrogen) atoms. The van der Waals surface area contributed by atoms with Gasteiger partial charge in [0, 0.05) is 31.5 Å². The summed E-state index contributed by atoms with van der Waals surface area (Å²) in [6.07, 6.45) is 1.46. The van der Waals surface area contributed by atoms with Crippen molar-refractivity contribution in [3.8, 4) is 0 Å². The van der Waals surface area contributed by atoms with Crippen LogP contribution in [-0.2, 0) is 14.8 Å². The molecule has 1 saturated heterocycles. The maximum absolute atomic E-state index is 12.2. The standard InChI is InChI=1S/C13H20N2O3S/c1-2-14-11-3-5-13(6-4-11)19(16,17)15-12-7-9-18-10-8-12/h3-6,12,14-15H,2,7-10H2,1H3. The van der Waals surface area contributed by atoms with E-state index < -0.39 is 10.0 Å². The predicted octanol–water partition coefficient (Wildman–Crippen LogP) is 1.58. The van der Waals surface area contributed by atoms with Crippen LogP contribution in [0.5, 0.6) is 0 Å². The van der Waals surface area contributed by atoms with E-state index in [4.69, 9.17) is 4.74 Å². The quantitative estimate of drug-likeness (QED) is 0.861. The molecule has 1 aromatic carbocycles. The second-order valence-corrected chi connectivity index (χ2v) is 6.28. The van der Waals surface area contributed by atoms with Gasteiger partial charge in [-0.1, -0.05) is 0 Å². The zero-order valence-corrected chi connectivity index (χ0v) is 11.9. The molecular weight excluding hydrogens is 264 g/mol. The Balaban J connectivity index is 2.05. The van der Waals surface area contributed by atoms with Gasteiger partial charge in [-0.3, -0.25) is 0 Å². The van der Waals surface area contributed by atoms with Crippen LogP contribution in [-0.4, -0.2) is 34.2 Å². The third-order valence-corrected chi connectivity index (χ3v) is 4.63. The molecule has 0 amide bonds. The second kappa shape index (κ2) is 6.36. The topological polar surface area (TPSA) is 67.4 Å². The van der Waals surface area contributed by atoms with Crippen molar-refractivity contribution in [1.29, 1.82) is 0 Å². The van der Waals surface area contributed by atoms with Crippen LogP contribution in [0.25, 0.3) is 0 Å². The van der Waals surface area contributed by atoms with Crippen molar-refractivity contribution in [3.05, 3.63) is 24.3 Å². The monoisotopic (exact) mass is 284 g/mol. The third-order valence-electron chi connectivity index (χ3n) is 3.09. The average Bonchev–Trinajstić information content (AvgIpc) is 2.40. The lowest BCUT2D eigenvalue weighted by molar-refractivity contribution is 0.0832. The zero-order chi connectivity index (χ0) is 13.7. The van der Waals surface area contributed by atoms with Crippen molar-refractivity contribution in [2.45, 2.75) is 30.7 Å². The molecule has 1 heterocycles. The minimum Gasteiger partial charge on any atom is -0.385 e. The lowest BCUT2D eigenvalue weighted by Gasteiger charge is -2.23. The normalized spacial score (nSPS) is 17.3. The third kappa shape index (κ3) is 3.92. The van der Waals surface area contributed by atoms with Crippen molar-refractivity contribution in [1.82, 2.24) is 4.72 Å². The maximum atomic E-state index is 12.2. The summed E-state index contributed by atoms with van der Waals surface area (Å²) >= 11 is 0. The van der Waals surface area contributed by atoms with E-state index in [1.165, 1.54) is 0 Å². The van der Waals surface area contributed by atoms with Gasteiger partial charge in [0.2, 0.25) is 10.0 Å². The highest BCUT2D eigenvalue weighted by molar-refractivity contribution is 7.89. The van der Waals surface area contributed by atoms with Crippen LogP contribution in [0.1, 0.15) is 19.8 Å². The Morgan fingerprint density at radius 2 is 1.84 bits per heavy atom. The molecule has 1 fully saturated rings. The van der Waals surface area contributed by atoms with E-state index in [1.54, 1.807) is 24.3 Å². The van der Waals surface area contributed by atoms with Crippen LogP contribution in [0.4, 0.5) is 5.69 Å². The van der Waals surface area contributed by atoms with Crippen molar-refractivity contribution in [2.24, 2.45) is 0 Å². The SMILES string of the molecule is CCNc1ccc(S(=O)(=O)NC2CCOCC2)cc1. The van der Waals surface area contributed by atoms with E-state index in [-0.39, 0.29) is 6.04 Å². The maximum Gasteiger partial charge on any atom is 0.240 e. The summed E-state index contributed by atoms with van der Waals surface area (Å²) in [4.78, 5) is 0.306. The van der Waals surface area contributed by atoms with Crippen LogP contribution >= 0.6 is 0 Å². The van der Waals surface area contributed by atoms with Gasteiger partial charge < -0.3 is 10.1 Å². The van der Waals surface area contributed by atoms with E-state index in [2.05, 4.69) is 10.0 Å². The molecule has 1 aromatic rings. The summed E-state index contributed by atoms with van der Waals surface area (Å²) in [6, 6.07) is 6.79. The fraction of sp³-hybridized carbons (Fsp3) is 0.538. The van der Waals surface area contributed by atoms with Crippen LogP contribution < -0.4 is 10.0 Å². The van der Waals surface area contributed by atoms with Gasteiger partial charge in [-0.25, -0.2) is 13.1 Å². The van der Waals surface area contributed by atoms with Crippen LogP contribution in [0.3, 0.4) is 0 Å². The lowest BCUT2D eigenvalue weighted by atomic mass is 10.1. The first kappa shape index (κ1) is 14.3. The molecule has 0 radical (unpaired) electrons. The van der Waals surface area contributed by atoms with Gasteiger partial charge in [-0.2, -0.15) is 0 Å². The zero-order valence-electron chi connectivity index (χ0n) is 11.1. The van der Waals surface area contributed by atoms with Gasteiger partial charge in [0.05, 0.1) is 4.90 Å². The van der Waals surface area contributed by atoms with Crippen molar-refractivity contribution >= 4 is 15.7 Å². The second-order valence-electron chi connectivity index (χ2n) is 4.56. The van der Waals surface area contributed by atoms with E-state index in [0.29, 0.717) is 18.1 Å². The molecule has 106 valence electrons. The van der Waals surface area contributed by atoms with Crippen LogP contribution in [0, 0.1) is 0 Å². The molecule has 0 atom stereocenters. The average molecular weight is 284 g/mol. The summed E-state index contributed by atoms with van der Waals surface area (Å²) in [5, 5.41) is 3.14. The molecular formula is C13H20N2O3S. The van der Waals surface area contributed by atoms with E-state index in [1.807, 2.05) is 6.92 Å².